The van der Waals surface area contributed by atoms with Crippen molar-refractivity contribution >= 4 is 38.9 Å². The van der Waals surface area contributed by atoms with E-state index in [2.05, 4.69) is 5.32 Å². The van der Waals surface area contributed by atoms with Crippen molar-refractivity contribution in [3.05, 3.63) is 53.1 Å². The first-order valence-electron chi connectivity index (χ1n) is 8.27. The van der Waals surface area contributed by atoms with Crippen molar-refractivity contribution in [3.63, 3.8) is 0 Å². The van der Waals surface area contributed by atoms with Crippen LogP contribution in [0.3, 0.4) is 0 Å². The highest BCUT2D eigenvalue weighted by atomic mass is 35.5. The number of carbonyl (C=O) groups excluding carboxylic acids is 1. The molecule has 0 aromatic heterocycles. The van der Waals surface area contributed by atoms with Gasteiger partial charge in [0.1, 0.15) is 11.8 Å². The molecule has 0 aliphatic heterocycles. The molecule has 1 unspecified atom stereocenters. The van der Waals surface area contributed by atoms with Gasteiger partial charge in [0.2, 0.25) is 15.9 Å². The molecule has 1 amide bonds. The molecule has 0 fully saturated rings. The Morgan fingerprint density at radius 3 is 2.43 bits per heavy atom. The first-order chi connectivity index (χ1) is 13.2. The second-order valence-corrected chi connectivity index (χ2v) is 8.34. The third-order valence-corrected chi connectivity index (χ3v) is 5.52. The summed E-state index contributed by atoms with van der Waals surface area (Å²) in [5, 5.41) is 11.6. The quantitative estimate of drug-likeness (QED) is 0.739. The van der Waals surface area contributed by atoms with Crippen molar-refractivity contribution in [2.75, 3.05) is 23.0 Å². The number of anilines is 2. The Morgan fingerprint density at radius 2 is 1.93 bits per heavy atom. The fourth-order valence-corrected chi connectivity index (χ4v) is 4.06. The third kappa shape index (κ3) is 5.15. The van der Waals surface area contributed by atoms with E-state index in [4.69, 9.17) is 21.6 Å². The van der Waals surface area contributed by atoms with E-state index >= 15 is 0 Å². The van der Waals surface area contributed by atoms with E-state index in [-0.39, 0.29) is 17.1 Å². The number of halogens is 1. The molecule has 0 bridgehead atoms. The molecule has 0 radical (unpaired) electrons. The van der Waals surface area contributed by atoms with Crippen LogP contribution in [-0.4, -0.2) is 33.7 Å². The van der Waals surface area contributed by atoms with Gasteiger partial charge in [0, 0.05) is 5.69 Å². The molecule has 2 rings (SSSR count). The maximum atomic E-state index is 12.7. The summed E-state index contributed by atoms with van der Waals surface area (Å²) in [6.45, 7) is 1.48. The molecule has 2 aromatic rings. The van der Waals surface area contributed by atoms with E-state index in [1.54, 1.807) is 24.3 Å². The second kappa shape index (κ2) is 8.95. The number of amides is 1. The van der Waals surface area contributed by atoms with Gasteiger partial charge < -0.3 is 10.1 Å². The van der Waals surface area contributed by atoms with Gasteiger partial charge in [-0.25, -0.2) is 8.42 Å². The van der Waals surface area contributed by atoms with Crippen molar-refractivity contribution in [1.82, 2.24) is 0 Å². The van der Waals surface area contributed by atoms with Gasteiger partial charge in [-0.1, -0.05) is 23.7 Å². The molecule has 1 N–H and O–H groups in total. The molecule has 1 atom stereocenters. The summed E-state index contributed by atoms with van der Waals surface area (Å²) in [6.07, 6.45) is 1.29. The Kier molecular flexibility index (Phi) is 6.89. The van der Waals surface area contributed by atoms with Gasteiger partial charge in [-0.05, 0) is 42.8 Å². The zero-order valence-corrected chi connectivity index (χ0v) is 17.2. The summed E-state index contributed by atoms with van der Waals surface area (Å²) in [6, 6.07) is 12.3. The van der Waals surface area contributed by atoms with Crippen LogP contribution in [0.4, 0.5) is 11.4 Å². The lowest BCUT2D eigenvalue weighted by Gasteiger charge is -2.28. The lowest BCUT2D eigenvalue weighted by Crippen LogP contribution is -2.45. The monoisotopic (exact) mass is 421 g/mol. The van der Waals surface area contributed by atoms with Gasteiger partial charge in [-0.3, -0.25) is 9.10 Å². The predicted octanol–water partition coefficient (Wildman–Crippen LogP) is 3.21. The highest BCUT2D eigenvalue weighted by molar-refractivity contribution is 7.92. The first-order valence-corrected chi connectivity index (χ1v) is 10.5. The molecule has 28 heavy (non-hydrogen) atoms. The van der Waals surface area contributed by atoms with E-state index < -0.39 is 22.0 Å². The second-order valence-electron chi connectivity index (χ2n) is 6.07. The Balaban J connectivity index is 2.27. The Labute approximate surface area is 169 Å². The third-order valence-electron chi connectivity index (χ3n) is 3.98. The number of nitrogens with one attached hydrogen (secondary N) is 1. The summed E-state index contributed by atoms with van der Waals surface area (Å²) < 4.78 is 30.8. The van der Waals surface area contributed by atoms with Crippen molar-refractivity contribution in [3.8, 4) is 11.8 Å². The fourth-order valence-electron chi connectivity index (χ4n) is 2.65. The zero-order valence-electron chi connectivity index (χ0n) is 15.6. The minimum Gasteiger partial charge on any atom is -0.495 e. The van der Waals surface area contributed by atoms with E-state index in [1.807, 2.05) is 6.07 Å². The number of benzene rings is 2. The van der Waals surface area contributed by atoms with Crippen LogP contribution in [0.5, 0.6) is 5.75 Å². The number of methoxy groups -OCH3 is 1. The Morgan fingerprint density at radius 1 is 1.29 bits per heavy atom. The minimum atomic E-state index is -3.77. The minimum absolute atomic E-state index is 0.231. The average molecular weight is 422 g/mol. The number of rotatable bonds is 7. The summed E-state index contributed by atoms with van der Waals surface area (Å²) >= 11 is 6.11. The number of nitriles is 1. The molecule has 9 heteroatoms. The van der Waals surface area contributed by atoms with Crippen molar-refractivity contribution < 1.29 is 17.9 Å². The normalized spacial score (nSPS) is 12.0. The standard InChI is InChI=1S/C19H20ClN3O4S/c1-13(19(24)22-15-6-4-14(5-7-15)10-11-21)23(28(3,25)26)16-8-9-18(27-2)17(20)12-16/h4-9,12-13H,10H2,1-3H3,(H,22,24). The van der Waals surface area contributed by atoms with E-state index in [0.717, 1.165) is 16.1 Å². The van der Waals surface area contributed by atoms with Crippen LogP contribution < -0.4 is 14.4 Å². The van der Waals surface area contributed by atoms with Crippen LogP contribution >= 0.6 is 11.6 Å². The molecule has 7 nitrogen and oxygen atoms in total. The van der Waals surface area contributed by atoms with Crippen LogP contribution in [0, 0.1) is 11.3 Å². The van der Waals surface area contributed by atoms with Gasteiger partial charge >= 0.3 is 0 Å². The predicted molar refractivity (Wildman–Crippen MR) is 109 cm³/mol. The molecule has 0 saturated heterocycles. The average Bonchev–Trinajstić information content (AvgIpc) is 2.62. The highest BCUT2D eigenvalue weighted by Crippen LogP contribution is 2.31. The molecular formula is C19H20ClN3O4S. The van der Waals surface area contributed by atoms with E-state index in [1.165, 1.54) is 32.2 Å². The van der Waals surface area contributed by atoms with Gasteiger partial charge in [0.25, 0.3) is 0 Å². The molecule has 0 heterocycles. The maximum absolute atomic E-state index is 12.7. The lowest BCUT2D eigenvalue weighted by atomic mass is 10.1. The fraction of sp³-hybridized carbons (Fsp3) is 0.263. The van der Waals surface area contributed by atoms with E-state index in [9.17, 15) is 13.2 Å². The van der Waals surface area contributed by atoms with E-state index in [0.29, 0.717) is 11.4 Å². The SMILES string of the molecule is COc1ccc(N(C(C)C(=O)Nc2ccc(CC#N)cc2)S(C)(=O)=O)cc1Cl. The molecule has 148 valence electrons. The highest BCUT2D eigenvalue weighted by Gasteiger charge is 2.29. The first kappa shape index (κ1) is 21.5. The Bertz CT molecular complexity index is 1000. The van der Waals surface area contributed by atoms with Crippen molar-refractivity contribution in [2.24, 2.45) is 0 Å². The van der Waals surface area contributed by atoms with Gasteiger partial charge in [0.05, 0.1) is 36.6 Å². The summed E-state index contributed by atoms with van der Waals surface area (Å²) in [4.78, 5) is 12.7. The van der Waals surface area contributed by atoms with Crippen LogP contribution in [0.1, 0.15) is 12.5 Å². The van der Waals surface area contributed by atoms with Gasteiger partial charge in [-0.15, -0.1) is 0 Å². The smallest absolute Gasteiger partial charge is 0.247 e. The Hall–Kier alpha value is -2.76. The molecule has 0 aliphatic carbocycles. The van der Waals surface area contributed by atoms with Crippen LogP contribution in [0.2, 0.25) is 5.02 Å². The maximum Gasteiger partial charge on any atom is 0.247 e. The number of ether oxygens (including phenoxy) is 1. The summed E-state index contributed by atoms with van der Waals surface area (Å²) in [5.41, 5.74) is 1.57. The molecule has 2 aromatic carbocycles. The van der Waals surface area contributed by atoms with Gasteiger partial charge in [0.15, 0.2) is 0 Å². The summed E-state index contributed by atoms with van der Waals surface area (Å²) in [5.74, 6) is -0.112. The van der Waals surface area contributed by atoms with Crippen LogP contribution in [0.15, 0.2) is 42.5 Å². The zero-order chi connectivity index (χ0) is 20.9. The number of nitrogens with zero attached hydrogens (tertiary/aromatic N) is 2. The number of hydrogen-bond acceptors (Lipinski definition) is 5. The van der Waals surface area contributed by atoms with Crippen LogP contribution in [-0.2, 0) is 21.2 Å². The number of hydrogen-bond donors (Lipinski definition) is 1. The number of carbonyl (C=O) groups is 1. The number of sulfonamides is 1. The van der Waals surface area contributed by atoms with Gasteiger partial charge in [-0.2, -0.15) is 5.26 Å². The molecule has 0 spiro atoms. The van der Waals surface area contributed by atoms with Crippen molar-refractivity contribution in [1.29, 1.82) is 5.26 Å². The molecule has 0 aliphatic rings. The van der Waals surface area contributed by atoms with Crippen molar-refractivity contribution in [2.45, 2.75) is 19.4 Å². The lowest BCUT2D eigenvalue weighted by molar-refractivity contribution is -0.116. The largest absolute Gasteiger partial charge is 0.495 e. The topological polar surface area (TPSA) is 99.5 Å². The molecular weight excluding hydrogens is 402 g/mol. The molecule has 0 saturated carbocycles. The summed E-state index contributed by atoms with van der Waals surface area (Å²) in [7, 11) is -2.32. The van der Waals surface area contributed by atoms with Crippen LogP contribution in [0.25, 0.3) is 0 Å².